The summed E-state index contributed by atoms with van der Waals surface area (Å²) in [6.45, 7) is 2.60. The molecular formula is C10H16BrN3O2S. The maximum absolute atomic E-state index is 11.6. The van der Waals surface area contributed by atoms with Crippen LogP contribution in [0.3, 0.4) is 0 Å². The predicted octanol–water partition coefficient (Wildman–Crippen LogP) is 1.11. The smallest absolute Gasteiger partial charge is 0.282 e. The minimum absolute atomic E-state index is 0.140. The van der Waals surface area contributed by atoms with E-state index in [0.29, 0.717) is 16.7 Å². The third kappa shape index (κ3) is 3.92. The number of hydrogen-bond acceptors (Lipinski definition) is 4. The molecule has 0 amide bonds. The summed E-state index contributed by atoms with van der Waals surface area (Å²) in [5.74, 6) is 0. The monoisotopic (exact) mass is 321 g/mol. The van der Waals surface area contributed by atoms with Crippen molar-refractivity contribution in [1.29, 1.82) is 0 Å². The lowest BCUT2D eigenvalue weighted by atomic mass is 10.3. The van der Waals surface area contributed by atoms with E-state index in [2.05, 4.69) is 26.3 Å². The Balaban J connectivity index is 2.62. The molecule has 1 rings (SSSR count). The molecule has 7 heteroatoms. The molecule has 0 aromatic carbocycles. The first kappa shape index (κ1) is 14.4. The fourth-order valence-corrected chi connectivity index (χ4v) is 2.16. The summed E-state index contributed by atoms with van der Waals surface area (Å²) in [6, 6.07) is 0. The van der Waals surface area contributed by atoms with Gasteiger partial charge in [-0.2, -0.15) is 5.10 Å². The number of aromatic nitrogens is 2. The second kappa shape index (κ2) is 6.30. The largest absolute Gasteiger partial charge is 0.383 e. The second-order valence-electron chi connectivity index (χ2n) is 3.83. The zero-order valence-corrected chi connectivity index (χ0v) is 12.5. The molecule has 1 aromatic heterocycles. The van der Waals surface area contributed by atoms with Crippen LogP contribution in [0, 0.1) is 0 Å². The van der Waals surface area contributed by atoms with Crippen molar-refractivity contribution in [1.82, 2.24) is 9.78 Å². The highest BCUT2D eigenvalue weighted by atomic mass is 79.9. The number of aryl methyl sites for hydroxylation is 1. The van der Waals surface area contributed by atoms with E-state index in [0.717, 1.165) is 6.42 Å². The second-order valence-corrected chi connectivity index (χ2v) is 6.42. The normalized spacial score (nSPS) is 14.4. The molecule has 1 aromatic rings. The molecule has 0 aliphatic heterocycles. The number of nitrogens with zero attached hydrogens (tertiary/aromatic N) is 2. The van der Waals surface area contributed by atoms with Gasteiger partial charge in [0.15, 0.2) is 0 Å². The zero-order valence-electron chi connectivity index (χ0n) is 10.1. The Morgan fingerprint density at radius 3 is 2.88 bits per heavy atom. The Hall–Kier alpha value is -0.690. The molecule has 2 atom stereocenters. The van der Waals surface area contributed by atoms with Crippen molar-refractivity contribution in [2.75, 3.05) is 18.1 Å². The first-order chi connectivity index (χ1) is 7.93. The molecule has 1 heterocycles. The van der Waals surface area contributed by atoms with E-state index in [1.807, 2.05) is 6.92 Å². The van der Waals surface area contributed by atoms with Gasteiger partial charge < -0.3 is 5.32 Å². The van der Waals surface area contributed by atoms with Gasteiger partial charge in [-0.05, 0) is 22.4 Å². The molecular weight excluding hydrogens is 306 g/mol. The molecule has 5 nitrogen and oxygen atoms in total. The Bertz CT molecular complexity index is 475. The van der Waals surface area contributed by atoms with E-state index in [4.69, 9.17) is 0 Å². The van der Waals surface area contributed by atoms with Crippen molar-refractivity contribution in [3.8, 4) is 0 Å². The molecule has 0 saturated carbocycles. The summed E-state index contributed by atoms with van der Waals surface area (Å²) in [5, 5.41) is 7.17. The molecule has 0 aliphatic rings. The van der Waals surface area contributed by atoms with Gasteiger partial charge in [0, 0.05) is 35.9 Å². The molecule has 1 N–H and O–H groups in total. The quantitative estimate of drug-likeness (QED) is 0.882. The number of nitrogens with one attached hydrogen (secondary N) is 1. The fraction of sp³-hybridized carbons (Fsp3) is 0.600. The molecule has 0 fully saturated rings. The van der Waals surface area contributed by atoms with Crippen molar-refractivity contribution in [2.24, 2.45) is 7.05 Å². The van der Waals surface area contributed by atoms with Gasteiger partial charge in [-0.15, -0.1) is 0 Å². The van der Waals surface area contributed by atoms with Crippen molar-refractivity contribution in [3.05, 3.63) is 21.0 Å². The minimum atomic E-state index is -0.815. The van der Waals surface area contributed by atoms with Gasteiger partial charge in [-0.1, -0.05) is 6.92 Å². The van der Waals surface area contributed by atoms with Crippen LogP contribution >= 0.6 is 15.9 Å². The van der Waals surface area contributed by atoms with Crippen LogP contribution < -0.4 is 10.9 Å². The third-order valence-electron chi connectivity index (χ3n) is 2.51. The van der Waals surface area contributed by atoms with Gasteiger partial charge in [0.05, 0.1) is 11.9 Å². The van der Waals surface area contributed by atoms with Gasteiger partial charge >= 0.3 is 0 Å². The molecule has 96 valence electrons. The van der Waals surface area contributed by atoms with Gasteiger partial charge in [-0.3, -0.25) is 9.00 Å². The molecule has 2 unspecified atom stereocenters. The molecule has 0 bridgehead atoms. The molecule has 0 spiro atoms. The predicted molar refractivity (Wildman–Crippen MR) is 73.8 cm³/mol. The van der Waals surface area contributed by atoms with E-state index >= 15 is 0 Å². The van der Waals surface area contributed by atoms with Crippen LogP contribution in [-0.4, -0.2) is 32.0 Å². The van der Waals surface area contributed by atoms with Gasteiger partial charge in [-0.25, -0.2) is 4.68 Å². The molecule has 0 radical (unpaired) electrons. The summed E-state index contributed by atoms with van der Waals surface area (Å²) < 4.78 is 12.9. The summed E-state index contributed by atoms with van der Waals surface area (Å²) in [7, 11) is 0.782. The lowest BCUT2D eigenvalue weighted by Crippen LogP contribution is -2.22. The van der Waals surface area contributed by atoms with E-state index in [9.17, 15) is 9.00 Å². The van der Waals surface area contributed by atoms with Gasteiger partial charge in [0.2, 0.25) is 0 Å². The van der Waals surface area contributed by atoms with Crippen molar-refractivity contribution < 1.29 is 4.21 Å². The standard InChI is InChI=1S/C10H16BrN3O2S/c1-7(17(3)16)4-5-12-8-6-13-14(2)10(15)9(8)11/h6-7,12H,4-5H2,1-3H3. The van der Waals surface area contributed by atoms with Crippen LogP contribution in [0.4, 0.5) is 5.69 Å². The Morgan fingerprint density at radius 2 is 2.29 bits per heavy atom. The van der Waals surface area contributed by atoms with Crippen LogP contribution in [0.2, 0.25) is 0 Å². The molecule has 0 saturated heterocycles. The highest BCUT2D eigenvalue weighted by Crippen LogP contribution is 2.15. The fourth-order valence-electron chi connectivity index (χ4n) is 1.21. The van der Waals surface area contributed by atoms with Crippen LogP contribution in [0.1, 0.15) is 13.3 Å². The van der Waals surface area contributed by atoms with E-state index in [1.165, 1.54) is 4.68 Å². The Kier molecular flexibility index (Phi) is 5.32. The third-order valence-corrected chi connectivity index (χ3v) is 4.65. The van der Waals surface area contributed by atoms with Crippen LogP contribution in [-0.2, 0) is 17.8 Å². The van der Waals surface area contributed by atoms with Crippen molar-refractivity contribution >= 4 is 32.4 Å². The minimum Gasteiger partial charge on any atom is -0.383 e. The zero-order chi connectivity index (χ0) is 13.0. The molecule has 17 heavy (non-hydrogen) atoms. The maximum Gasteiger partial charge on any atom is 0.282 e. The Labute approximate surface area is 111 Å². The van der Waals surface area contributed by atoms with Crippen LogP contribution in [0.15, 0.2) is 15.5 Å². The van der Waals surface area contributed by atoms with Gasteiger partial charge in [0.1, 0.15) is 4.47 Å². The first-order valence-corrected chi connectivity index (χ1v) is 7.62. The summed E-state index contributed by atoms with van der Waals surface area (Å²) in [5.41, 5.74) is 0.490. The number of hydrogen-bond donors (Lipinski definition) is 1. The number of rotatable bonds is 5. The lowest BCUT2D eigenvalue weighted by molar-refractivity contribution is 0.672. The molecule has 0 aliphatic carbocycles. The highest BCUT2D eigenvalue weighted by molar-refractivity contribution is 9.10. The van der Waals surface area contributed by atoms with Crippen LogP contribution in [0.5, 0.6) is 0 Å². The highest BCUT2D eigenvalue weighted by Gasteiger charge is 2.08. The van der Waals surface area contributed by atoms with Gasteiger partial charge in [0.25, 0.3) is 5.56 Å². The average molecular weight is 322 g/mol. The first-order valence-electron chi connectivity index (χ1n) is 5.21. The number of anilines is 1. The van der Waals surface area contributed by atoms with Crippen LogP contribution in [0.25, 0.3) is 0 Å². The van der Waals surface area contributed by atoms with E-state index in [1.54, 1.807) is 19.5 Å². The Morgan fingerprint density at radius 1 is 1.65 bits per heavy atom. The van der Waals surface area contributed by atoms with Crippen molar-refractivity contribution in [3.63, 3.8) is 0 Å². The lowest BCUT2D eigenvalue weighted by Gasteiger charge is -2.11. The average Bonchev–Trinajstić information content (AvgIpc) is 2.28. The van der Waals surface area contributed by atoms with E-state index in [-0.39, 0.29) is 10.8 Å². The summed E-state index contributed by atoms with van der Waals surface area (Å²) in [6.07, 6.45) is 4.07. The van der Waals surface area contributed by atoms with Crippen molar-refractivity contribution in [2.45, 2.75) is 18.6 Å². The SMILES string of the molecule is CC(CCNc1cnn(C)c(=O)c1Br)S(C)=O. The summed E-state index contributed by atoms with van der Waals surface area (Å²) >= 11 is 3.23. The summed E-state index contributed by atoms with van der Waals surface area (Å²) in [4.78, 5) is 11.6. The van der Waals surface area contributed by atoms with E-state index < -0.39 is 10.8 Å². The maximum atomic E-state index is 11.6. The topological polar surface area (TPSA) is 64.0 Å². The number of halogens is 1.